The van der Waals surface area contributed by atoms with Crippen molar-refractivity contribution in [3.05, 3.63) is 62.9 Å². The molecule has 152 valence electrons. The van der Waals surface area contributed by atoms with Gasteiger partial charge in [0.25, 0.3) is 11.6 Å². The van der Waals surface area contributed by atoms with E-state index in [0.29, 0.717) is 21.7 Å². The molecular weight excluding hydrogens is 408 g/mol. The van der Waals surface area contributed by atoms with E-state index in [1.165, 1.54) is 29.5 Å². The van der Waals surface area contributed by atoms with Crippen molar-refractivity contribution >= 4 is 50.6 Å². The summed E-state index contributed by atoms with van der Waals surface area (Å²) in [6.07, 6.45) is 0.317. The van der Waals surface area contributed by atoms with Crippen molar-refractivity contribution in [1.82, 2.24) is 4.57 Å². The Hall–Kier alpha value is -3.66. The number of hydrogen-bond donors (Lipinski definition) is 0. The fraction of sp³-hybridized carbons (Fsp3) is 0.200. The molecule has 0 atom stereocenters. The number of nitrogens with zero attached hydrogens (tertiary/aromatic N) is 4. The molecule has 1 saturated heterocycles. The van der Waals surface area contributed by atoms with Gasteiger partial charge in [0.05, 0.1) is 20.8 Å². The van der Waals surface area contributed by atoms with Gasteiger partial charge in [-0.1, -0.05) is 17.4 Å². The number of rotatable bonds is 4. The highest BCUT2D eigenvalue weighted by molar-refractivity contribution is 7.16. The van der Waals surface area contributed by atoms with E-state index in [9.17, 15) is 24.5 Å². The fourth-order valence-electron chi connectivity index (χ4n) is 3.36. The van der Waals surface area contributed by atoms with Crippen molar-refractivity contribution in [2.24, 2.45) is 4.99 Å². The smallest absolute Gasteiger partial charge is 0.279 e. The molecule has 3 amide bonds. The Morgan fingerprint density at radius 2 is 1.90 bits per heavy atom. The number of thiazole rings is 1. The maximum Gasteiger partial charge on any atom is 0.279 e. The molecule has 0 bridgehead atoms. The van der Waals surface area contributed by atoms with E-state index in [1.54, 1.807) is 28.8 Å². The molecular formula is C20H16N4O5S. The Morgan fingerprint density at radius 3 is 2.57 bits per heavy atom. The lowest BCUT2D eigenvalue weighted by Gasteiger charge is -2.14. The Labute approximate surface area is 174 Å². The Balaban J connectivity index is 1.75. The third-order valence-corrected chi connectivity index (χ3v) is 5.83. The van der Waals surface area contributed by atoms with Gasteiger partial charge in [-0.15, -0.1) is 0 Å². The van der Waals surface area contributed by atoms with Crippen LogP contribution in [-0.4, -0.2) is 27.2 Å². The van der Waals surface area contributed by atoms with Crippen molar-refractivity contribution < 1.29 is 19.3 Å². The predicted octanol–water partition coefficient (Wildman–Crippen LogP) is 3.03. The average molecular weight is 424 g/mol. The third kappa shape index (κ3) is 3.41. The number of carbonyl (C=O) groups excluding carboxylic acids is 3. The summed E-state index contributed by atoms with van der Waals surface area (Å²) in [7, 11) is 0. The number of non-ortho nitro benzene ring substituents is 1. The van der Waals surface area contributed by atoms with Gasteiger partial charge in [0.2, 0.25) is 11.8 Å². The second kappa shape index (κ2) is 7.64. The molecule has 0 radical (unpaired) electrons. The van der Waals surface area contributed by atoms with Crippen molar-refractivity contribution in [2.75, 3.05) is 4.90 Å². The monoisotopic (exact) mass is 424 g/mol. The minimum atomic E-state index is -0.529. The quantitative estimate of drug-likeness (QED) is 0.363. The minimum absolute atomic E-state index is 0.0301. The van der Waals surface area contributed by atoms with Crippen LogP contribution in [0.5, 0.6) is 0 Å². The zero-order chi connectivity index (χ0) is 21.4. The van der Waals surface area contributed by atoms with Crippen LogP contribution in [0.15, 0.2) is 47.5 Å². The second-order valence-corrected chi connectivity index (χ2v) is 7.64. The summed E-state index contributed by atoms with van der Waals surface area (Å²) >= 11 is 1.19. The molecule has 1 aromatic heterocycles. The molecule has 0 spiro atoms. The number of aryl methyl sites for hydroxylation is 1. The van der Waals surface area contributed by atoms with Crippen LogP contribution in [0.3, 0.4) is 0 Å². The molecule has 0 aliphatic carbocycles. The van der Waals surface area contributed by atoms with Gasteiger partial charge in [-0.2, -0.15) is 4.99 Å². The van der Waals surface area contributed by atoms with Crippen molar-refractivity contribution in [1.29, 1.82) is 0 Å². The summed E-state index contributed by atoms with van der Waals surface area (Å²) in [5, 5.41) is 11.0. The molecule has 1 aliphatic rings. The number of amides is 3. The minimum Gasteiger partial charge on any atom is -0.317 e. The maximum absolute atomic E-state index is 12.8. The van der Waals surface area contributed by atoms with E-state index in [-0.39, 0.29) is 35.9 Å². The summed E-state index contributed by atoms with van der Waals surface area (Å²) < 4.78 is 2.46. The van der Waals surface area contributed by atoms with Crippen LogP contribution < -0.4 is 9.70 Å². The molecule has 3 aromatic rings. The Kier molecular flexibility index (Phi) is 5.00. The first-order chi connectivity index (χ1) is 14.4. The second-order valence-electron chi connectivity index (χ2n) is 6.63. The number of imide groups is 1. The van der Waals surface area contributed by atoms with Gasteiger partial charge in [-0.3, -0.25) is 29.4 Å². The number of fused-ring (bicyclic) bond motifs is 1. The molecule has 9 nitrogen and oxygen atoms in total. The average Bonchev–Trinajstić information content (AvgIpc) is 3.25. The lowest BCUT2D eigenvalue weighted by molar-refractivity contribution is -0.384. The zero-order valence-corrected chi connectivity index (χ0v) is 16.7. The number of hydrogen-bond acceptors (Lipinski definition) is 6. The molecule has 0 N–H and O–H groups in total. The van der Waals surface area contributed by atoms with E-state index >= 15 is 0 Å². The number of benzene rings is 2. The molecule has 1 fully saturated rings. The lowest BCUT2D eigenvalue weighted by atomic mass is 10.2. The SMILES string of the molecule is CCn1c(=NC(=O)c2cccc(N3C(=O)CCC3=O)c2)sc2cc([N+](=O)[O-])ccc21. The topological polar surface area (TPSA) is 115 Å². The first-order valence-electron chi connectivity index (χ1n) is 9.21. The number of nitro benzene ring substituents is 1. The molecule has 0 saturated carbocycles. The van der Waals surface area contributed by atoms with Gasteiger partial charge < -0.3 is 4.57 Å². The van der Waals surface area contributed by atoms with E-state index < -0.39 is 10.8 Å². The van der Waals surface area contributed by atoms with Crippen molar-refractivity contribution in [3.8, 4) is 0 Å². The first-order valence-corrected chi connectivity index (χ1v) is 10.0. The summed E-state index contributed by atoms with van der Waals surface area (Å²) in [6.45, 7) is 2.42. The number of carbonyl (C=O) groups is 3. The summed E-state index contributed by atoms with van der Waals surface area (Å²) in [4.78, 5) is 53.0. The number of nitro groups is 1. The molecule has 30 heavy (non-hydrogen) atoms. The first kappa shape index (κ1) is 19.6. The Bertz CT molecular complexity index is 1270. The predicted molar refractivity (Wildman–Crippen MR) is 110 cm³/mol. The highest BCUT2D eigenvalue weighted by Crippen LogP contribution is 2.25. The van der Waals surface area contributed by atoms with Crippen molar-refractivity contribution in [3.63, 3.8) is 0 Å². The molecule has 0 unspecified atom stereocenters. The largest absolute Gasteiger partial charge is 0.317 e. The van der Waals surface area contributed by atoms with Gasteiger partial charge in [0.15, 0.2) is 4.80 Å². The van der Waals surface area contributed by atoms with Gasteiger partial charge in [0, 0.05) is 37.1 Å². The molecule has 4 rings (SSSR count). The van der Waals surface area contributed by atoms with Gasteiger partial charge in [0.1, 0.15) is 0 Å². The van der Waals surface area contributed by atoms with Gasteiger partial charge >= 0.3 is 0 Å². The highest BCUT2D eigenvalue weighted by atomic mass is 32.1. The summed E-state index contributed by atoms with van der Waals surface area (Å²) in [5.74, 6) is -1.12. The summed E-state index contributed by atoms with van der Waals surface area (Å²) in [6, 6.07) is 10.8. The van der Waals surface area contributed by atoms with E-state index in [0.717, 1.165) is 10.4 Å². The fourth-order valence-corrected chi connectivity index (χ4v) is 4.49. The normalized spacial score (nSPS) is 14.7. The van der Waals surface area contributed by atoms with Crippen LogP contribution in [-0.2, 0) is 16.1 Å². The van der Waals surface area contributed by atoms with Crippen LogP contribution in [0.25, 0.3) is 10.2 Å². The van der Waals surface area contributed by atoms with Crippen LogP contribution in [0.2, 0.25) is 0 Å². The number of aromatic nitrogens is 1. The van der Waals surface area contributed by atoms with Crippen LogP contribution in [0.4, 0.5) is 11.4 Å². The third-order valence-electron chi connectivity index (χ3n) is 4.79. The Morgan fingerprint density at radius 1 is 1.17 bits per heavy atom. The summed E-state index contributed by atoms with van der Waals surface area (Å²) in [5.41, 5.74) is 1.31. The van der Waals surface area contributed by atoms with Crippen LogP contribution in [0, 0.1) is 10.1 Å². The van der Waals surface area contributed by atoms with E-state index in [1.807, 2.05) is 6.92 Å². The van der Waals surface area contributed by atoms with Gasteiger partial charge in [-0.25, -0.2) is 0 Å². The molecule has 2 heterocycles. The van der Waals surface area contributed by atoms with Crippen LogP contribution >= 0.6 is 11.3 Å². The van der Waals surface area contributed by atoms with E-state index in [4.69, 9.17) is 0 Å². The standard InChI is InChI=1S/C20H16N4O5S/c1-2-22-15-7-6-14(24(28)29)11-16(15)30-20(22)21-19(27)12-4-3-5-13(10-12)23-17(25)8-9-18(23)26/h3-7,10-11H,2,8-9H2,1H3. The maximum atomic E-state index is 12.8. The molecule has 1 aliphatic heterocycles. The van der Waals surface area contributed by atoms with Crippen molar-refractivity contribution in [2.45, 2.75) is 26.3 Å². The molecule has 2 aromatic carbocycles. The zero-order valence-electron chi connectivity index (χ0n) is 15.9. The molecule has 10 heteroatoms. The highest BCUT2D eigenvalue weighted by Gasteiger charge is 2.30. The lowest BCUT2D eigenvalue weighted by Crippen LogP contribution is -2.28. The van der Waals surface area contributed by atoms with E-state index in [2.05, 4.69) is 4.99 Å². The van der Waals surface area contributed by atoms with Crippen LogP contribution in [0.1, 0.15) is 30.1 Å². The van der Waals surface area contributed by atoms with Gasteiger partial charge in [-0.05, 0) is 31.2 Å². The number of anilines is 1.